The molecule has 1 rings (SSSR count). The lowest BCUT2D eigenvalue weighted by molar-refractivity contribution is -0.143. The molecule has 0 saturated carbocycles. The van der Waals surface area contributed by atoms with Crippen LogP contribution in [0.5, 0.6) is 0 Å². The van der Waals surface area contributed by atoms with E-state index in [0.29, 0.717) is 17.8 Å². The molecule has 0 radical (unpaired) electrons. The van der Waals surface area contributed by atoms with E-state index in [4.69, 9.17) is 4.74 Å². The van der Waals surface area contributed by atoms with Gasteiger partial charge in [-0.25, -0.2) is 4.98 Å². The van der Waals surface area contributed by atoms with Crippen LogP contribution in [0.3, 0.4) is 0 Å². The molecule has 9 heteroatoms. The van der Waals surface area contributed by atoms with E-state index in [1.165, 1.54) is 4.90 Å². The molecule has 1 amide bonds. The van der Waals surface area contributed by atoms with Crippen molar-refractivity contribution >= 4 is 23.2 Å². The zero-order valence-corrected chi connectivity index (χ0v) is 13.1. The number of alkyl halides is 3. The molecule has 0 bridgehead atoms. The Hall–Kier alpha value is -1.64. The van der Waals surface area contributed by atoms with Gasteiger partial charge in [0.25, 0.3) is 5.91 Å². The van der Waals surface area contributed by atoms with E-state index in [-0.39, 0.29) is 26.1 Å². The van der Waals surface area contributed by atoms with Crippen LogP contribution in [0.1, 0.15) is 42.1 Å². The van der Waals surface area contributed by atoms with Crippen molar-refractivity contribution in [3.05, 3.63) is 16.1 Å². The molecule has 124 valence electrons. The Bertz CT molecular complexity index is 517. The topological polar surface area (TPSA) is 59.5 Å². The number of aromatic nitrogens is 1. The van der Waals surface area contributed by atoms with Gasteiger partial charge in [-0.3, -0.25) is 9.59 Å². The van der Waals surface area contributed by atoms with Crippen molar-refractivity contribution in [1.29, 1.82) is 0 Å². The molecule has 0 fully saturated rings. The fourth-order valence-corrected chi connectivity index (χ4v) is 2.56. The molecular weight excluding hydrogens is 321 g/mol. The molecule has 0 unspecified atom stereocenters. The third kappa shape index (κ3) is 4.97. The zero-order valence-electron chi connectivity index (χ0n) is 12.3. The number of thiazole rings is 1. The Labute approximate surface area is 130 Å². The first-order valence-corrected chi connectivity index (χ1v) is 7.64. The van der Waals surface area contributed by atoms with Crippen LogP contribution < -0.4 is 0 Å². The first-order chi connectivity index (χ1) is 10.3. The van der Waals surface area contributed by atoms with Crippen molar-refractivity contribution in [2.24, 2.45) is 0 Å². The van der Waals surface area contributed by atoms with E-state index in [2.05, 4.69) is 4.98 Å². The number of hydrogen-bond donors (Lipinski definition) is 0. The maximum absolute atomic E-state index is 12.8. The molecule has 22 heavy (non-hydrogen) atoms. The minimum atomic E-state index is -4.68. The molecular formula is C13H17F3N2O3S. The van der Waals surface area contributed by atoms with Gasteiger partial charge in [-0.05, 0) is 13.3 Å². The van der Waals surface area contributed by atoms with Crippen LogP contribution in [-0.4, -0.2) is 41.5 Å². The van der Waals surface area contributed by atoms with Crippen LogP contribution in [0.15, 0.2) is 5.51 Å². The van der Waals surface area contributed by atoms with Gasteiger partial charge in [0.1, 0.15) is 4.88 Å². The van der Waals surface area contributed by atoms with Gasteiger partial charge in [-0.15, -0.1) is 11.3 Å². The van der Waals surface area contributed by atoms with E-state index >= 15 is 0 Å². The number of carbonyl (C=O) groups excluding carboxylic acids is 2. The minimum Gasteiger partial charge on any atom is -0.466 e. The van der Waals surface area contributed by atoms with Gasteiger partial charge in [-0.2, -0.15) is 13.2 Å². The Kier molecular flexibility index (Phi) is 6.79. The number of nitrogens with zero attached hydrogens (tertiary/aromatic N) is 2. The van der Waals surface area contributed by atoms with E-state index in [1.807, 2.05) is 0 Å². The molecule has 0 aliphatic heterocycles. The van der Waals surface area contributed by atoms with Crippen molar-refractivity contribution in [1.82, 2.24) is 9.88 Å². The van der Waals surface area contributed by atoms with E-state index < -0.39 is 28.6 Å². The van der Waals surface area contributed by atoms with Crippen molar-refractivity contribution in [2.75, 3.05) is 19.7 Å². The van der Waals surface area contributed by atoms with Crippen LogP contribution in [0.4, 0.5) is 13.2 Å². The Morgan fingerprint density at radius 1 is 1.32 bits per heavy atom. The molecule has 5 nitrogen and oxygen atoms in total. The van der Waals surface area contributed by atoms with Gasteiger partial charge >= 0.3 is 12.1 Å². The normalized spacial score (nSPS) is 11.3. The summed E-state index contributed by atoms with van der Waals surface area (Å²) >= 11 is 0.645. The standard InChI is InChI=1S/C13H17F3N2O3S/c1-3-6-18(7-5-9(19)21-4-2)12(20)10-11(13(14,15)16)17-8-22-10/h8H,3-7H2,1-2H3. The van der Waals surface area contributed by atoms with Crippen molar-refractivity contribution in [3.8, 4) is 0 Å². The van der Waals surface area contributed by atoms with Gasteiger partial charge in [0.05, 0.1) is 18.5 Å². The quantitative estimate of drug-likeness (QED) is 0.717. The second-order valence-electron chi connectivity index (χ2n) is 4.38. The summed E-state index contributed by atoms with van der Waals surface area (Å²) in [4.78, 5) is 27.6. The summed E-state index contributed by atoms with van der Waals surface area (Å²) in [5, 5.41) is 0. The number of halogens is 3. The van der Waals surface area contributed by atoms with E-state index in [1.54, 1.807) is 13.8 Å². The van der Waals surface area contributed by atoms with Crippen LogP contribution >= 0.6 is 11.3 Å². The van der Waals surface area contributed by atoms with Crippen LogP contribution in [-0.2, 0) is 15.7 Å². The fraction of sp³-hybridized carbons (Fsp3) is 0.615. The van der Waals surface area contributed by atoms with E-state index in [0.717, 1.165) is 5.51 Å². The minimum absolute atomic E-state index is 0.0146. The number of hydrogen-bond acceptors (Lipinski definition) is 5. The zero-order chi connectivity index (χ0) is 16.8. The van der Waals surface area contributed by atoms with Crippen molar-refractivity contribution in [3.63, 3.8) is 0 Å². The molecule has 1 aromatic heterocycles. The number of amides is 1. The molecule has 0 saturated heterocycles. The lowest BCUT2D eigenvalue weighted by atomic mass is 10.2. The smallest absolute Gasteiger partial charge is 0.434 e. The summed E-state index contributed by atoms with van der Waals surface area (Å²) in [6, 6.07) is 0. The maximum atomic E-state index is 12.8. The van der Waals surface area contributed by atoms with Crippen LogP contribution in [0.25, 0.3) is 0 Å². The Balaban J connectivity index is 2.85. The SMILES string of the molecule is CCCN(CCC(=O)OCC)C(=O)c1scnc1C(F)(F)F. The van der Waals surface area contributed by atoms with Crippen molar-refractivity contribution in [2.45, 2.75) is 32.9 Å². The number of carbonyl (C=O) groups is 2. The molecule has 1 heterocycles. The monoisotopic (exact) mass is 338 g/mol. The highest BCUT2D eigenvalue weighted by molar-refractivity contribution is 7.11. The third-order valence-electron chi connectivity index (χ3n) is 2.70. The molecule has 0 N–H and O–H groups in total. The lowest BCUT2D eigenvalue weighted by Crippen LogP contribution is -2.34. The molecule has 0 aliphatic rings. The molecule has 0 aliphatic carbocycles. The first kappa shape index (κ1) is 18.4. The highest BCUT2D eigenvalue weighted by Gasteiger charge is 2.39. The summed E-state index contributed by atoms with van der Waals surface area (Å²) in [5.74, 6) is -1.25. The number of esters is 1. The highest BCUT2D eigenvalue weighted by Crippen LogP contribution is 2.33. The second-order valence-corrected chi connectivity index (χ2v) is 5.23. The number of ether oxygens (including phenoxy) is 1. The van der Waals surface area contributed by atoms with Gasteiger partial charge < -0.3 is 9.64 Å². The fourth-order valence-electron chi connectivity index (χ4n) is 1.79. The van der Waals surface area contributed by atoms with Gasteiger partial charge in [-0.1, -0.05) is 6.92 Å². The summed E-state index contributed by atoms with van der Waals surface area (Å²) < 4.78 is 43.2. The average molecular weight is 338 g/mol. The van der Waals surface area contributed by atoms with Crippen LogP contribution in [0, 0.1) is 0 Å². The molecule has 0 spiro atoms. The second kappa shape index (κ2) is 8.11. The van der Waals surface area contributed by atoms with Gasteiger partial charge in [0.15, 0.2) is 5.69 Å². The first-order valence-electron chi connectivity index (χ1n) is 6.76. The molecule has 0 aromatic carbocycles. The van der Waals surface area contributed by atoms with Crippen molar-refractivity contribution < 1.29 is 27.5 Å². The average Bonchev–Trinajstić information content (AvgIpc) is 2.92. The Morgan fingerprint density at radius 2 is 2.00 bits per heavy atom. The largest absolute Gasteiger partial charge is 0.466 e. The maximum Gasteiger partial charge on any atom is 0.434 e. The summed E-state index contributed by atoms with van der Waals surface area (Å²) in [6.07, 6.45) is -4.17. The highest BCUT2D eigenvalue weighted by atomic mass is 32.1. The van der Waals surface area contributed by atoms with Crippen LogP contribution in [0.2, 0.25) is 0 Å². The lowest BCUT2D eigenvalue weighted by Gasteiger charge is -2.21. The predicted octanol–water partition coefficient (Wildman–Crippen LogP) is 2.97. The summed E-state index contributed by atoms with van der Waals surface area (Å²) in [7, 11) is 0. The van der Waals surface area contributed by atoms with Gasteiger partial charge in [0.2, 0.25) is 0 Å². The summed E-state index contributed by atoms with van der Waals surface area (Å²) in [6.45, 7) is 3.93. The molecule has 0 atom stereocenters. The summed E-state index contributed by atoms with van der Waals surface area (Å²) in [5.41, 5.74) is -0.189. The van der Waals surface area contributed by atoms with Gasteiger partial charge in [0, 0.05) is 13.1 Å². The predicted molar refractivity (Wildman–Crippen MR) is 74.6 cm³/mol. The Morgan fingerprint density at radius 3 is 2.55 bits per heavy atom. The van der Waals surface area contributed by atoms with E-state index in [9.17, 15) is 22.8 Å². The molecule has 1 aromatic rings. The third-order valence-corrected chi connectivity index (χ3v) is 3.52. The number of rotatable bonds is 7.